The molecule has 8 heavy (non-hydrogen) atoms. The zero-order valence-electron chi connectivity index (χ0n) is 4.96. The van der Waals surface area contributed by atoms with Crippen LogP contribution < -0.4 is 5.73 Å². The van der Waals surface area contributed by atoms with Crippen molar-refractivity contribution in [2.75, 3.05) is 0 Å². The van der Waals surface area contributed by atoms with Crippen LogP contribution in [0.3, 0.4) is 0 Å². The fourth-order valence-electron chi connectivity index (χ4n) is 0.225. The molecule has 2 N–H and O–H groups in total. The van der Waals surface area contributed by atoms with Crippen molar-refractivity contribution in [1.82, 2.24) is 0 Å². The Morgan fingerprint density at radius 3 is 2.75 bits per heavy atom. The molecule has 0 atom stereocenters. The minimum atomic E-state index is 0.336. The van der Waals surface area contributed by atoms with Crippen LogP contribution in [0, 0.1) is 0 Å². The molecule has 0 heterocycles. The maximum absolute atomic E-state index is 5.11. The average molecular weight is 110 g/mol. The van der Waals surface area contributed by atoms with E-state index in [2.05, 4.69) is 11.6 Å². The van der Waals surface area contributed by atoms with E-state index in [4.69, 9.17) is 5.73 Å². The van der Waals surface area contributed by atoms with Gasteiger partial charge in [0.25, 0.3) is 0 Å². The number of nitrogens with two attached hydrogens (primary N) is 1. The normalized spacial score (nSPS) is 11.1. The third-order valence-electron chi connectivity index (χ3n) is 0.519. The van der Waals surface area contributed by atoms with Crippen LogP contribution in [0.25, 0.3) is 0 Å². The first-order valence-corrected chi connectivity index (χ1v) is 2.37. The summed E-state index contributed by atoms with van der Waals surface area (Å²) in [6, 6.07) is 0. The summed E-state index contributed by atoms with van der Waals surface area (Å²) in [7, 11) is 0. The minimum Gasteiger partial charge on any atom is -0.384 e. The van der Waals surface area contributed by atoms with Gasteiger partial charge < -0.3 is 5.73 Å². The van der Waals surface area contributed by atoms with E-state index in [9.17, 15) is 0 Å². The van der Waals surface area contributed by atoms with Gasteiger partial charge in [-0.25, -0.2) is 4.99 Å². The molecule has 0 fully saturated rings. The monoisotopic (exact) mass is 110 g/mol. The zero-order chi connectivity index (χ0) is 6.41. The van der Waals surface area contributed by atoms with Crippen molar-refractivity contribution in [3.63, 3.8) is 0 Å². The Kier molecular flexibility index (Phi) is 3.58. The van der Waals surface area contributed by atoms with Crippen LogP contribution >= 0.6 is 0 Å². The molecule has 2 heteroatoms. The molecule has 0 aromatic rings. The molecule has 0 aliphatic rings. The Morgan fingerprint density at radius 1 is 1.75 bits per heavy atom. The van der Waals surface area contributed by atoms with E-state index in [1.54, 1.807) is 12.3 Å². The van der Waals surface area contributed by atoms with E-state index < -0.39 is 0 Å². The number of aliphatic imine (C=N–C) groups is 1. The van der Waals surface area contributed by atoms with Crippen molar-refractivity contribution in [1.29, 1.82) is 0 Å². The lowest BCUT2D eigenvalue weighted by molar-refractivity contribution is 1.28. The topological polar surface area (TPSA) is 38.4 Å². The van der Waals surface area contributed by atoms with Crippen LogP contribution in [0.1, 0.15) is 6.92 Å². The summed E-state index contributed by atoms with van der Waals surface area (Å²) in [6.45, 7) is 5.28. The van der Waals surface area contributed by atoms with E-state index in [0.717, 1.165) is 0 Å². The second-order valence-corrected chi connectivity index (χ2v) is 1.30. The van der Waals surface area contributed by atoms with Gasteiger partial charge in [-0.3, -0.25) is 0 Å². The van der Waals surface area contributed by atoms with Crippen LogP contribution in [-0.4, -0.2) is 6.21 Å². The quantitative estimate of drug-likeness (QED) is 0.530. The van der Waals surface area contributed by atoms with Gasteiger partial charge in [0.05, 0.1) is 0 Å². The van der Waals surface area contributed by atoms with Crippen LogP contribution in [0.4, 0.5) is 0 Å². The van der Waals surface area contributed by atoms with E-state index in [0.29, 0.717) is 5.82 Å². The molecule has 0 spiro atoms. The molecule has 0 radical (unpaired) electrons. The summed E-state index contributed by atoms with van der Waals surface area (Å²) in [4.78, 5) is 3.69. The molecule has 44 valence electrons. The van der Waals surface area contributed by atoms with E-state index >= 15 is 0 Å². The molecule has 0 aromatic carbocycles. The number of rotatable bonds is 2. The first-order valence-electron chi connectivity index (χ1n) is 2.37. The molecule has 0 rings (SSSR count). The first-order chi connectivity index (χ1) is 3.77. The number of hydrogen-bond donors (Lipinski definition) is 1. The van der Waals surface area contributed by atoms with Crippen molar-refractivity contribution in [3.05, 3.63) is 24.6 Å². The van der Waals surface area contributed by atoms with Gasteiger partial charge in [-0.1, -0.05) is 12.7 Å². The second-order valence-electron chi connectivity index (χ2n) is 1.30. The van der Waals surface area contributed by atoms with Crippen LogP contribution in [0.2, 0.25) is 0 Å². The smallest absolute Gasteiger partial charge is 0.115 e. The first kappa shape index (κ1) is 6.95. The van der Waals surface area contributed by atoms with E-state index in [1.807, 2.05) is 13.0 Å². The standard InChI is InChI=1S/C6H10N2/c1-3-4-5-8-6(2)7/h3-5H,2,7H2,1H3/b4-3-,8-5-. The minimum absolute atomic E-state index is 0.336. The van der Waals surface area contributed by atoms with Crippen molar-refractivity contribution in [3.8, 4) is 0 Å². The van der Waals surface area contributed by atoms with Gasteiger partial charge in [0.2, 0.25) is 0 Å². The Bertz CT molecular complexity index is 122. The molecule has 0 saturated carbocycles. The van der Waals surface area contributed by atoms with E-state index in [-0.39, 0.29) is 0 Å². The maximum atomic E-state index is 5.11. The lowest BCUT2D eigenvalue weighted by atomic mass is 10.6. The zero-order valence-corrected chi connectivity index (χ0v) is 4.96. The summed E-state index contributed by atoms with van der Waals surface area (Å²) in [5.41, 5.74) is 5.11. The van der Waals surface area contributed by atoms with Crippen LogP contribution in [-0.2, 0) is 0 Å². The molecular formula is C6H10N2. The highest BCUT2D eigenvalue weighted by molar-refractivity contribution is 5.71. The molecule has 0 aliphatic carbocycles. The van der Waals surface area contributed by atoms with Crippen LogP contribution in [0.5, 0.6) is 0 Å². The number of allylic oxidation sites excluding steroid dienone is 2. The summed E-state index contributed by atoms with van der Waals surface area (Å²) >= 11 is 0. The fraction of sp³-hybridized carbons (Fsp3) is 0.167. The molecule has 0 aromatic heterocycles. The molecule has 0 bridgehead atoms. The third kappa shape index (κ3) is 4.95. The lowest BCUT2D eigenvalue weighted by Crippen LogP contribution is -1.88. The Labute approximate surface area is 49.4 Å². The summed E-state index contributed by atoms with van der Waals surface area (Å²) in [5, 5.41) is 0. The van der Waals surface area contributed by atoms with Gasteiger partial charge in [0, 0.05) is 6.21 Å². The molecule has 0 saturated heterocycles. The SMILES string of the molecule is C=C(N)/N=C\C=C/C. The van der Waals surface area contributed by atoms with Gasteiger partial charge in [-0.15, -0.1) is 0 Å². The highest BCUT2D eigenvalue weighted by Crippen LogP contribution is 1.75. The predicted octanol–water partition coefficient (Wildman–Crippen LogP) is 1.06. The maximum Gasteiger partial charge on any atom is 0.115 e. The molecule has 0 amide bonds. The highest BCUT2D eigenvalue weighted by atomic mass is 14.9. The largest absolute Gasteiger partial charge is 0.384 e. The van der Waals surface area contributed by atoms with Gasteiger partial charge >= 0.3 is 0 Å². The number of hydrogen-bond acceptors (Lipinski definition) is 2. The van der Waals surface area contributed by atoms with Gasteiger partial charge in [0.15, 0.2) is 0 Å². The lowest BCUT2D eigenvalue weighted by Gasteiger charge is -1.80. The van der Waals surface area contributed by atoms with Crippen LogP contribution in [0.15, 0.2) is 29.5 Å². The highest BCUT2D eigenvalue weighted by Gasteiger charge is 1.66. The van der Waals surface area contributed by atoms with Crippen molar-refractivity contribution in [2.45, 2.75) is 6.92 Å². The Morgan fingerprint density at radius 2 is 2.38 bits per heavy atom. The molecular weight excluding hydrogens is 100 g/mol. The van der Waals surface area contributed by atoms with Crippen molar-refractivity contribution in [2.24, 2.45) is 10.7 Å². The van der Waals surface area contributed by atoms with E-state index in [1.165, 1.54) is 0 Å². The molecule has 2 nitrogen and oxygen atoms in total. The van der Waals surface area contributed by atoms with Crippen molar-refractivity contribution < 1.29 is 0 Å². The Balaban J connectivity index is 3.50. The Hall–Kier alpha value is -1.05. The second kappa shape index (κ2) is 4.12. The predicted molar refractivity (Wildman–Crippen MR) is 36.6 cm³/mol. The van der Waals surface area contributed by atoms with Gasteiger partial charge in [0.1, 0.15) is 5.82 Å². The molecule has 0 unspecified atom stereocenters. The van der Waals surface area contributed by atoms with Gasteiger partial charge in [-0.2, -0.15) is 0 Å². The summed E-state index contributed by atoms with van der Waals surface area (Å²) < 4.78 is 0. The molecule has 0 aliphatic heterocycles. The van der Waals surface area contributed by atoms with Crippen molar-refractivity contribution >= 4 is 6.21 Å². The fourth-order valence-corrected chi connectivity index (χ4v) is 0.225. The summed E-state index contributed by atoms with van der Waals surface area (Å²) in [5.74, 6) is 0.336. The van der Waals surface area contributed by atoms with Gasteiger partial charge in [-0.05, 0) is 13.0 Å². The summed E-state index contributed by atoms with van der Waals surface area (Å²) in [6.07, 6.45) is 5.26. The average Bonchev–Trinajstić information content (AvgIpc) is 1.66. The number of nitrogens with zero attached hydrogens (tertiary/aromatic N) is 1. The third-order valence-corrected chi connectivity index (χ3v) is 0.519.